The lowest BCUT2D eigenvalue weighted by Gasteiger charge is -2.36. The molecule has 1 aromatic rings. The van der Waals surface area contributed by atoms with Crippen molar-refractivity contribution < 1.29 is 14.4 Å². The van der Waals surface area contributed by atoms with Crippen LogP contribution < -0.4 is 5.46 Å². The van der Waals surface area contributed by atoms with E-state index in [-0.39, 0.29) is 24.9 Å². The minimum absolute atomic E-state index is 0.0670. The second-order valence-corrected chi connectivity index (χ2v) is 6.86. The Balaban J connectivity index is 1.78. The predicted molar refractivity (Wildman–Crippen MR) is 79.7 cm³/mol. The molecule has 0 bridgehead atoms. The van der Waals surface area contributed by atoms with Gasteiger partial charge in [-0.1, -0.05) is 37.1 Å². The van der Waals surface area contributed by atoms with E-state index in [0.717, 1.165) is 23.4 Å². The molecule has 1 aliphatic carbocycles. The fourth-order valence-corrected chi connectivity index (χ4v) is 2.88. The highest BCUT2D eigenvalue weighted by Crippen LogP contribution is 2.46. The molecular formula is C16H23BO3. The van der Waals surface area contributed by atoms with Gasteiger partial charge in [0.15, 0.2) is 0 Å². The highest BCUT2D eigenvalue weighted by Gasteiger charge is 2.55. The lowest BCUT2D eigenvalue weighted by molar-refractivity contribution is -0.0194. The largest absolute Gasteiger partial charge is 0.494 e. The average Bonchev–Trinajstić information content (AvgIpc) is 3.17. The van der Waals surface area contributed by atoms with E-state index in [9.17, 15) is 0 Å². The van der Waals surface area contributed by atoms with Crippen LogP contribution in [-0.4, -0.2) is 23.4 Å². The Hall–Kier alpha value is -0.835. The van der Waals surface area contributed by atoms with Crippen LogP contribution in [0.25, 0.3) is 0 Å². The van der Waals surface area contributed by atoms with E-state index in [4.69, 9.17) is 14.4 Å². The van der Waals surface area contributed by atoms with Gasteiger partial charge in [0.05, 0.1) is 17.8 Å². The van der Waals surface area contributed by atoms with E-state index < -0.39 is 0 Å². The van der Waals surface area contributed by atoms with Crippen molar-refractivity contribution in [1.29, 1.82) is 0 Å². The zero-order valence-electron chi connectivity index (χ0n) is 12.6. The van der Waals surface area contributed by atoms with Gasteiger partial charge < -0.3 is 14.4 Å². The van der Waals surface area contributed by atoms with Crippen molar-refractivity contribution in [3.63, 3.8) is 0 Å². The van der Waals surface area contributed by atoms with Gasteiger partial charge in [0.2, 0.25) is 0 Å². The van der Waals surface area contributed by atoms with Crippen LogP contribution in [0.4, 0.5) is 0 Å². The topological polar surface area (TPSA) is 38.7 Å². The van der Waals surface area contributed by atoms with Gasteiger partial charge in [-0.2, -0.15) is 0 Å². The molecule has 1 saturated heterocycles. The molecule has 2 fully saturated rings. The van der Waals surface area contributed by atoms with E-state index >= 15 is 0 Å². The number of benzene rings is 1. The molecule has 3 nitrogen and oxygen atoms in total. The third kappa shape index (κ3) is 2.52. The van der Waals surface area contributed by atoms with Crippen LogP contribution in [0.1, 0.15) is 45.6 Å². The molecule has 1 N–H and O–H groups in total. The number of rotatable bonds is 4. The number of aliphatic hydroxyl groups excluding tert-OH is 1. The van der Waals surface area contributed by atoms with Crippen LogP contribution in [0.5, 0.6) is 0 Å². The summed E-state index contributed by atoms with van der Waals surface area (Å²) >= 11 is 0. The Kier molecular flexibility index (Phi) is 3.43. The molecule has 1 saturated carbocycles. The maximum atomic E-state index is 9.10. The van der Waals surface area contributed by atoms with Gasteiger partial charge >= 0.3 is 7.12 Å². The summed E-state index contributed by atoms with van der Waals surface area (Å²) in [5.74, 6) is 0.804. The average molecular weight is 274 g/mol. The molecule has 1 aromatic carbocycles. The highest BCUT2D eigenvalue weighted by atomic mass is 16.7. The van der Waals surface area contributed by atoms with Crippen molar-refractivity contribution in [2.75, 3.05) is 0 Å². The first-order valence-corrected chi connectivity index (χ1v) is 7.49. The second-order valence-electron chi connectivity index (χ2n) is 6.86. The first kappa shape index (κ1) is 14.1. The molecule has 1 aliphatic heterocycles. The Labute approximate surface area is 121 Å². The smallest absolute Gasteiger partial charge is 0.399 e. The summed E-state index contributed by atoms with van der Waals surface area (Å²) in [7, 11) is -0.304. The van der Waals surface area contributed by atoms with Crippen molar-refractivity contribution in [3.05, 3.63) is 29.8 Å². The molecule has 3 rings (SSSR count). The molecule has 20 heavy (non-hydrogen) atoms. The molecule has 0 amide bonds. The molecule has 1 unspecified atom stereocenters. The van der Waals surface area contributed by atoms with Gasteiger partial charge in [0.25, 0.3) is 0 Å². The summed E-state index contributed by atoms with van der Waals surface area (Å²) in [6.07, 6.45) is 3.72. The fraction of sp³-hybridized carbons (Fsp3) is 0.625. The lowest BCUT2D eigenvalue weighted by Crippen LogP contribution is -2.45. The van der Waals surface area contributed by atoms with E-state index in [0.29, 0.717) is 0 Å². The first-order chi connectivity index (χ1) is 9.43. The molecule has 2 aliphatic rings. The minimum Gasteiger partial charge on any atom is -0.399 e. The normalized spacial score (nSPS) is 28.9. The molecule has 0 radical (unpaired) electrons. The van der Waals surface area contributed by atoms with Crippen LogP contribution in [0.15, 0.2) is 24.3 Å². The summed E-state index contributed by atoms with van der Waals surface area (Å²) in [4.78, 5) is 0. The van der Waals surface area contributed by atoms with Gasteiger partial charge in [-0.3, -0.25) is 0 Å². The predicted octanol–water partition coefficient (Wildman–Crippen LogP) is 2.26. The molecular weight excluding hydrogens is 251 g/mol. The quantitative estimate of drug-likeness (QED) is 0.856. The third-order valence-corrected chi connectivity index (χ3v) is 4.85. The van der Waals surface area contributed by atoms with Crippen molar-refractivity contribution in [3.8, 4) is 0 Å². The third-order valence-electron chi connectivity index (χ3n) is 4.85. The zero-order chi connectivity index (χ0) is 14.4. The maximum absolute atomic E-state index is 9.10. The number of hydrogen-bond donors (Lipinski definition) is 1. The molecule has 1 heterocycles. The Morgan fingerprint density at radius 3 is 2.35 bits per heavy atom. The summed E-state index contributed by atoms with van der Waals surface area (Å²) < 4.78 is 12.5. The van der Waals surface area contributed by atoms with E-state index in [1.54, 1.807) is 0 Å². The summed E-state index contributed by atoms with van der Waals surface area (Å²) in [5.41, 5.74) is 1.42. The monoisotopic (exact) mass is 274 g/mol. The van der Waals surface area contributed by atoms with Crippen LogP contribution in [0, 0.1) is 5.92 Å². The van der Waals surface area contributed by atoms with Gasteiger partial charge in [-0.15, -0.1) is 0 Å². The summed E-state index contributed by atoms with van der Waals surface area (Å²) in [5, 5.41) is 9.10. The standard InChI is InChI=1S/C16H23BO3/c1-15(2)16(3,10-12-4-5-12)20-17(19-15)14-8-6-13(11-18)7-9-14/h6-9,12,18H,4-5,10-11H2,1-3H3. The van der Waals surface area contributed by atoms with Crippen LogP contribution >= 0.6 is 0 Å². The number of hydrogen-bond acceptors (Lipinski definition) is 3. The summed E-state index contributed by atoms with van der Waals surface area (Å²) in [6, 6.07) is 7.81. The minimum atomic E-state index is -0.304. The van der Waals surface area contributed by atoms with Crippen molar-refractivity contribution in [1.82, 2.24) is 0 Å². The van der Waals surface area contributed by atoms with Gasteiger partial charge in [0.1, 0.15) is 0 Å². The first-order valence-electron chi connectivity index (χ1n) is 7.49. The van der Waals surface area contributed by atoms with E-state index in [1.165, 1.54) is 12.8 Å². The molecule has 108 valence electrons. The Morgan fingerprint density at radius 1 is 1.15 bits per heavy atom. The molecule has 4 heteroatoms. The van der Waals surface area contributed by atoms with Gasteiger partial charge in [0, 0.05) is 0 Å². The highest BCUT2D eigenvalue weighted by molar-refractivity contribution is 6.62. The Morgan fingerprint density at radius 2 is 1.80 bits per heavy atom. The molecule has 0 aromatic heterocycles. The lowest BCUT2D eigenvalue weighted by atomic mass is 9.79. The van der Waals surface area contributed by atoms with Crippen molar-refractivity contribution >= 4 is 12.6 Å². The van der Waals surface area contributed by atoms with Crippen LogP contribution in [0.3, 0.4) is 0 Å². The molecule has 0 spiro atoms. The maximum Gasteiger partial charge on any atom is 0.494 e. The molecule has 1 atom stereocenters. The summed E-state index contributed by atoms with van der Waals surface area (Å²) in [6.45, 7) is 6.49. The van der Waals surface area contributed by atoms with Crippen LogP contribution in [0.2, 0.25) is 0 Å². The van der Waals surface area contributed by atoms with Gasteiger partial charge in [-0.25, -0.2) is 0 Å². The van der Waals surface area contributed by atoms with E-state index in [2.05, 4.69) is 20.8 Å². The van der Waals surface area contributed by atoms with Crippen molar-refractivity contribution in [2.45, 2.75) is 57.8 Å². The van der Waals surface area contributed by atoms with Crippen LogP contribution in [-0.2, 0) is 15.9 Å². The van der Waals surface area contributed by atoms with E-state index in [1.807, 2.05) is 24.3 Å². The SMILES string of the molecule is CC1(C)OB(c2ccc(CO)cc2)OC1(C)CC1CC1. The zero-order valence-corrected chi connectivity index (χ0v) is 12.6. The van der Waals surface area contributed by atoms with Gasteiger partial charge in [-0.05, 0) is 44.1 Å². The number of aliphatic hydroxyl groups is 1. The Bertz CT molecular complexity index is 481. The second kappa shape index (κ2) is 4.87. The van der Waals surface area contributed by atoms with Crippen molar-refractivity contribution in [2.24, 2.45) is 5.92 Å². The fourth-order valence-electron chi connectivity index (χ4n) is 2.88.